The number of carboxylic acid groups (broad SMARTS) is 1. The van der Waals surface area contributed by atoms with Crippen molar-refractivity contribution in [3.63, 3.8) is 0 Å². The number of aryl methyl sites for hydroxylation is 1. The molecule has 1 fully saturated rings. The topological polar surface area (TPSA) is 59.0 Å². The molecule has 1 heterocycles. The third-order valence-corrected chi connectivity index (χ3v) is 5.56. The molecule has 27 heavy (non-hydrogen) atoms. The number of aliphatic carboxylic acids is 1. The second kappa shape index (κ2) is 8.01. The number of methoxy groups -OCH3 is 2. The summed E-state index contributed by atoms with van der Waals surface area (Å²) in [7, 11) is 3.30. The Hall–Kier alpha value is -2.53. The molecule has 0 amide bonds. The highest BCUT2D eigenvalue weighted by Gasteiger charge is 2.39. The van der Waals surface area contributed by atoms with Crippen molar-refractivity contribution in [1.29, 1.82) is 0 Å². The van der Waals surface area contributed by atoms with E-state index in [1.165, 1.54) is 0 Å². The van der Waals surface area contributed by atoms with Crippen molar-refractivity contribution in [3.05, 3.63) is 58.7 Å². The molecule has 144 valence electrons. The number of likely N-dealkylation sites (tertiary alicyclic amines) is 1. The first-order valence-electron chi connectivity index (χ1n) is 9.17. The Morgan fingerprint density at radius 3 is 2.48 bits per heavy atom. The van der Waals surface area contributed by atoms with Crippen molar-refractivity contribution in [1.82, 2.24) is 4.90 Å². The van der Waals surface area contributed by atoms with Gasteiger partial charge in [-0.3, -0.25) is 9.69 Å². The number of carbonyl (C=O) groups is 1. The zero-order valence-electron chi connectivity index (χ0n) is 16.4. The molecule has 3 rings (SSSR count). The van der Waals surface area contributed by atoms with Crippen LogP contribution >= 0.6 is 0 Å². The highest BCUT2D eigenvalue weighted by atomic mass is 16.5. The van der Waals surface area contributed by atoms with Gasteiger partial charge in [-0.2, -0.15) is 0 Å². The first-order chi connectivity index (χ1) is 13.0. The molecule has 0 unspecified atom stereocenters. The zero-order chi connectivity index (χ0) is 19.6. The second-order valence-electron chi connectivity index (χ2n) is 7.19. The molecular formula is C22H27NO4. The van der Waals surface area contributed by atoms with Crippen LogP contribution in [0.4, 0.5) is 0 Å². The Labute approximate surface area is 160 Å². The SMILES string of the molecule is COc1ccc(CN2C[C@H](C(=O)O)[C@@H](c3ccccc3C)C2)c(OC)c1C. The standard InChI is InChI=1S/C22H27NO4/c1-14-7-5-6-8-17(14)18-12-23(13-19(18)22(24)25)11-16-9-10-20(26-3)15(2)21(16)27-4/h5-10,18-19H,11-13H2,1-4H3,(H,24,25)/t18-,19+/m1/s1. The molecular weight excluding hydrogens is 342 g/mol. The average Bonchev–Trinajstić information content (AvgIpc) is 3.06. The summed E-state index contributed by atoms with van der Waals surface area (Å²) in [4.78, 5) is 14.1. The van der Waals surface area contributed by atoms with Crippen LogP contribution in [-0.2, 0) is 11.3 Å². The molecule has 2 aromatic carbocycles. The fourth-order valence-electron chi connectivity index (χ4n) is 4.18. The van der Waals surface area contributed by atoms with Crippen molar-refractivity contribution < 1.29 is 19.4 Å². The van der Waals surface area contributed by atoms with E-state index in [1.54, 1.807) is 14.2 Å². The lowest BCUT2D eigenvalue weighted by atomic mass is 9.86. The van der Waals surface area contributed by atoms with E-state index in [1.807, 2.05) is 44.2 Å². The summed E-state index contributed by atoms with van der Waals surface area (Å²) in [6, 6.07) is 12.0. The van der Waals surface area contributed by atoms with Gasteiger partial charge in [0.05, 0.1) is 20.1 Å². The van der Waals surface area contributed by atoms with E-state index >= 15 is 0 Å². The van der Waals surface area contributed by atoms with Gasteiger partial charge in [-0.1, -0.05) is 30.3 Å². The summed E-state index contributed by atoms with van der Waals surface area (Å²) >= 11 is 0. The van der Waals surface area contributed by atoms with Gasteiger partial charge in [0.2, 0.25) is 0 Å². The molecule has 0 aromatic heterocycles. The van der Waals surface area contributed by atoms with Gasteiger partial charge in [0.15, 0.2) is 0 Å². The molecule has 2 aromatic rings. The van der Waals surface area contributed by atoms with Gasteiger partial charge in [0.25, 0.3) is 0 Å². The number of rotatable bonds is 6. The molecule has 0 spiro atoms. The van der Waals surface area contributed by atoms with E-state index in [0.29, 0.717) is 13.1 Å². The van der Waals surface area contributed by atoms with Crippen LogP contribution in [0, 0.1) is 19.8 Å². The minimum Gasteiger partial charge on any atom is -0.496 e. The number of hydrogen-bond acceptors (Lipinski definition) is 4. The van der Waals surface area contributed by atoms with Crippen LogP contribution in [0.1, 0.15) is 28.2 Å². The van der Waals surface area contributed by atoms with Crippen molar-refractivity contribution >= 4 is 5.97 Å². The number of benzene rings is 2. The molecule has 0 bridgehead atoms. The van der Waals surface area contributed by atoms with Crippen LogP contribution < -0.4 is 9.47 Å². The third kappa shape index (κ3) is 3.78. The van der Waals surface area contributed by atoms with E-state index < -0.39 is 11.9 Å². The fraction of sp³-hybridized carbons (Fsp3) is 0.409. The molecule has 0 radical (unpaired) electrons. The largest absolute Gasteiger partial charge is 0.496 e. The van der Waals surface area contributed by atoms with Crippen molar-refractivity contribution in [3.8, 4) is 11.5 Å². The third-order valence-electron chi connectivity index (χ3n) is 5.56. The van der Waals surface area contributed by atoms with Crippen molar-refractivity contribution in [2.24, 2.45) is 5.92 Å². The van der Waals surface area contributed by atoms with Crippen LogP contribution in [0.5, 0.6) is 11.5 Å². The average molecular weight is 369 g/mol. The lowest BCUT2D eigenvalue weighted by Crippen LogP contribution is -2.23. The Balaban J connectivity index is 1.86. The quantitative estimate of drug-likeness (QED) is 0.843. The summed E-state index contributed by atoms with van der Waals surface area (Å²) < 4.78 is 11.0. The summed E-state index contributed by atoms with van der Waals surface area (Å²) in [5.41, 5.74) is 4.28. The molecule has 2 atom stereocenters. The maximum atomic E-state index is 11.9. The Morgan fingerprint density at radius 1 is 1.11 bits per heavy atom. The van der Waals surface area contributed by atoms with Gasteiger partial charge in [0, 0.05) is 36.7 Å². The summed E-state index contributed by atoms with van der Waals surface area (Å²) in [5, 5.41) is 9.77. The number of hydrogen-bond donors (Lipinski definition) is 1. The summed E-state index contributed by atoms with van der Waals surface area (Å²) in [6.07, 6.45) is 0. The number of ether oxygens (including phenoxy) is 2. The first kappa shape index (κ1) is 19.2. The van der Waals surface area contributed by atoms with Gasteiger partial charge in [-0.15, -0.1) is 0 Å². The van der Waals surface area contributed by atoms with Crippen molar-refractivity contribution in [2.75, 3.05) is 27.3 Å². The van der Waals surface area contributed by atoms with E-state index in [4.69, 9.17) is 9.47 Å². The Kier molecular flexibility index (Phi) is 5.71. The number of carboxylic acids is 1. The van der Waals surface area contributed by atoms with E-state index in [2.05, 4.69) is 11.0 Å². The molecule has 1 aliphatic rings. The second-order valence-corrected chi connectivity index (χ2v) is 7.19. The lowest BCUT2D eigenvalue weighted by Gasteiger charge is -2.20. The van der Waals surface area contributed by atoms with Gasteiger partial charge in [0.1, 0.15) is 11.5 Å². The number of nitrogens with zero attached hydrogens (tertiary/aromatic N) is 1. The minimum atomic E-state index is -0.733. The fourth-order valence-corrected chi connectivity index (χ4v) is 4.18. The summed E-state index contributed by atoms with van der Waals surface area (Å²) in [6.45, 7) is 5.92. The molecule has 0 saturated carbocycles. The van der Waals surface area contributed by atoms with Gasteiger partial charge < -0.3 is 14.6 Å². The predicted octanol–water partition coefficient (Wildman–Crippen LogP) is 3.62. The lowest BCUT2D eigenvalue weighted by molar-refractivity contribution is -0.141. The summed E-state index contributed by atoms with van der Waals surface area (Å²) in [5.74, 6) is 0.452. The highest BCUT2D eigenvalue weighted by molar-refractivity contribution is 5.72. The first-order valence-corrected chi connectivity index (χ1v) is 9.17. The van der Waals surface area contributed by atoms with Crippen LogP contribution in [0.3, 0.4) is 0 Å². The molecule has 1 aliphatic heterocycles. The maximum absolute atomic E-state index is 11.9. The maximum Gasteiger partial charge on any atom is 0.308 e. The monoisotopic (exact) mass is 369 g/mol. The highest BCUT2D eigenvalue weighted by Crippen LogP contribution is 2.37. The van der Waals surface area contributed by atoms with Gasteiger partial charge >= 0.3 is 5.97 Å². The van der Waals surface area contributed by atoms with Gasteiger partial charge in [-0.05, 0) is 31.0 Å². The molecule has 0 aliphatic carbocycles. The van der Waals surface area contributed by atoms with E-state index in [9.17, 15) is 9.90 Å². The van der Waals surface area contributed by atoms with E-state index in [-0.39, 0.29) is 5.92 Å². The molecule has 5 heteroatoms. The Morgan fingerprint density at radius 2 is 1.85 bits per heavy atom. The zero-order valence-corrected chi connectivity index (χ0v) is 16.4. The van der Waals surface area contributed by atoms with Crippen LogP contribution in [0.25, 0.3) is 0 Å². The van der Waals surface area contributed by atoms with Crippen LogP contribution in [-0.4, -0.2) is 43.3 Å². The predicted molar refractivity (Wildman–Crippen MR) is 105 cm³/mol. The normalized spacial score (nSPS) is 19.9. The van der Waals surface area contributed by atoms with Crippen LogP contribution in [0.15, 0.2) is 36.4 Å². The molecule has 1 saturated heterocycles. The molecule has 5 nitrogen and oxygen atoms in total. The van der Waals surface area contributed by atoms with E-state index in [0.717, 1.165) is 40.3 Å². The molecule has 1 N–H and O–H groups in total. The van der Waals surface area contributed by atoms with Gasteiger partial charge in [-0.25, -0.2) is 0 Å². The smallest absolute Gasteiger partial charge is 0.308 e. The van der Waals surface area contributed by atoms with Crippen LogP contribution in [0.2, 0.25) is 0 Å². The van der Waals surface area contributed by atoms with Crippen molar-refractivity contribution in [2.45, 2.75) is 26.3 Å². The Bertz CT molecular complexity index is 833. The minimum absolute atomic E-state index is 0.00552.